The number of carbonyl (C=O) groups is 1. The number of benzene rings is 1. The SMILES string of the molecule is O=C(O)c1nc(-c2ccc3occc3c2)c(F)cc1Cl. The zero-order valence-electron chi connectivity index (χ0n) is 9.93. The van der Waals surface area contributed by atoms with E-state index in [1.54, 1.807) is 24.3 Å². The van der Waals surface area contributed by atoms with Crippen LogP contribution in [0.15, 0.2) is 41.0 Å². The van der Waals surface area contributed by atoms with Gasteiger partial charge in [0.1, 0.15) is 11.3 Å². The molecule has 0 amide bonds. The molecule has 3 rings (SSSR count). The molecule has 0 spiro atoms. The predicted molar refractivity (Wildman–Crippen MR) is 71.4 cm³/mol. The highest BCUT2D eigenvalue weighted by molar-refractivity contribution is 6.33. The van der Waals surface area contributed by atoms with E-state index in [0.29, 0.717) is 11.1 Å². The Kier molecular flexibility index (Phi) is 2.91. The van der Waals surface area contributed by atoms with E-state index in [2.05, 4.69) is 4.98 Å². The van der Waals surface area contributed by atoms with Gasteiger partial charge in [-0.3, -0.25) is 0 Å². The van der Waals surface area contributed by atoms with E-state index < -0.39 is 11.8 Å². The second-order valence-corrected chi connectivity index (χ2v) is 4.53. The molecule has 0 fully saturated rings. The van der Waals surface area contributed by atoms with E-state index in [4.69, 9.17) is 21.1 Å². The summed E-state index contributed by atoms with van der Waals surface area (Å²) < 4.78 is 19.1. The van der Waals surface area contributed by atoms with E-state index in [1.165, 1.54) is 6.26 Å². The monoisotopic (exact) mass is 291 g/mol. The second-order valence-electron chi connectivity index (χ2n) is 4.13. The van der Waals surface area contributed by atoms with Gasteiger partial charge in [-0.2, -0.15) is 0 Å². The molecule has 6 heteroatoms. The van der Waals surface area contributed by atoms with Gasteiger partial charge in [-0.15, -0.1) is 0 Å². The molecule has 0 aliphatic heterocycles. The normalized spacial score (nSPS) is 10.9. The molecule has 0 aliphatic rings. The summed E-state index contributed by atoms with van der Waals surface area (Å²) in [7, 11) is 0. The highest BCUT2D eigenvalue weighted by Gasteiger charge is 2.17. The summed E-state index contributed by atoms with van der Waals surface area (Å²) in [6.07, 6.45) is 1.52. The predicted octanol–water partition coefficient (Wildman–Crippen LogP) is 3.99. The molecule has 0 bridgehead atoms. The summed E-state index contributed by atoms with van der Waals surface area (Å²) in [5.74, 6) is -1.98. The van der Waals surface area contributed by atoms with Gasteiger partial charge >= 0.3 is 5.97 Å². The first-order chi connectivity index (χ1) is 9.56. The van der Waals surface area contributed by atoms with E-state index in [0.717, 1.165) is 11.5 Å². The van der Waals surface area contributed by atoms with Gasteiger partial charge in [0.15, 0.2) is 11.5 Å². The lowest BCUT2D eigenvalue weighted by atomic mass is 10.1. The fourth-order valence-corrected chi connectivity index (χ4v) is 2.15. The van der Waals surface area contributed by atoms with Crippen molar-refractivity contribution < 1.29 is 18.7 Å². The van der Waals surface area contributed by atoms with Crippen LogP contribution in [0.5, 0.6) is 0 Å². The zero-order valence-corrected chi connectivity index (χ0v) is 10.7. The van der Waals surface area contributed by atoms with Crippen LogP contribution in [-0.2, 0) is 0 Å². The molecule has 0 unspecified atom stereocenters. The van der Waals surface area contributed by atoms with Crippen LogP contribution in [-0.4, -0.2) is 16.1 Å². The Morgan fingerprint density at radius 2 is 2.10 bits per heavy atom. The van der Waals surface area contributed by atoms with Crippen LogP contribution in [0.1, 0.15) is 10.5 Å². The fourth-order valence-electron chi connectivity index (χ4n) is 1.93. The van der Waals surface area contributed by atoms with Crippen LogP contribution in [0, 0.1) is 5.82 Å². The highest BCUT2D eigenvalue weighted by atomic mass is 35.5. The molecule has 20 heavy (non-hydrogen) atoms. The number of hydrogen-bond donors (Lipinski definition) is 1. The third-order valence-electron chi connectivity index (χ3n) is 2.86. The van der Waals surface area contributed by atoms with Gasteiger partial charge in [0, 0.05) is 10.9 Å². The number of fused-ring (bicyclic) bond motifs is 1. The molecule has 0 saturated heterocycles. The number of pyridine rings is 1. The van der Waals surface area contributed by atoms with Crippen molar-refractivity contribution >= 4 is 28.5 Å². The maximum Gasteiger partial charge on any atom is 0.356 e. The van der Waals surface area contributed by atoms with Crippen molar-refractivity contribution in [3.8, 4) is 11.3 Å². The third-order valence-corrected chi connectivity index (χ3v) is 3.15. The number of aromatic nitrogens is 1. The van der Waals surface area contributed by atoms with Crippen molar-refractivity contribution in [1.82, 2.24) is 4.98 Å². The highest BCUT2D eigenvalue weighted by Crippen LogP contribution is 2.28. The summed E-state index contributed by atoms with van der Waals surface area (Å²) in [6.45, 7) is 0. The van der Waals surface area contributed by atoms with Gasteiger partial charge in [0.2, 0.25) is 0 Å². The van der Waals surface area contributed by atoms with Gasteiger partial charge in [-0.05, 0) is 30.3 Å². The first-order valence-electron chi connectivity index (χ1n) is 5.63. The first-order valence-corrected chi connectivity index (χ1v) is 6.01. The standard InChI is InChI=1S/C14H7ClFNO3/c15-9-6-10(16)12(17-13(9)14(18)19)8-1-2-11-7(5-8)3-4-20-11/h1-6H,(H,18,19). The van der Waals surface area contributed by atoms with Gasteiger partial charge in [-0.1, -0.05) is 11.6 Å². The number of carboxylic acids is 1. The minimum atomic E-state index is -1.30. The zero-order chi connectivity index (χ0) is 14.3. The number of aromatic carboxylic acids is 1. The van der Waals surface area contributed by atoms with Gasteiger partial charge < -0.3 is 9.52 Å². The Hall–Kier alpha value is -2.40. The molecule has 1 aromatic carbocycles. The number of rotatable bonds is 2. The van der Waals surface area contributed by atoms with Gasteiger partial charge in [-0.25, -0.2) is 14.2 Å². The largest absolute Gasteiger partial charge is 0.476 e. The molecule has 0 radical (unpaired) electrons. The lowest BCUT2D eigenvalue weighted by Gasteiger charge is -2.06. The van der Waals surface area contributed by atoms with Crippen molar-refractivity contribution in [3.05, 3.63) is 53.1 Å². The minimum absolute atomic E-state index is 0.0603. The van der Waals surface area contributed by atoms with E-state index in [9.17, 15) is 9.18 Å². The van der Waals surface area contributed by atoms with E-state index in [1.807, 2.05) is 0 Å². The number of hydrogen-bond acceptors (Lipinski definition) is 3. The first kappa shape index (κ1) is 12.6. The van der Waals surface area contributed by atoms with E-state index >= 15 is 0 Å². The molecule has 0 saturated carbocycles. The summed E-state index contributed by atoms with van der Waals surface area (Å²) in [4.78, 5) is 14.8. The molecule has 3 aromatic rings. The number of nitrogens with zero attached hydrogens (tertiary/aromatic N) is 1. The molecule has 1 N–H and O–H groups in total. The smallest absolute Gasteiger partial charge is 0.356 e. The average Bonchev–Trinajstić information content (AvgIpc) is 2.85. The third kappa shape index (κ3) is 2.02. The fraction of sp³-hybridized carbons (Fsp3) is 0. The summed E-state index contributed by atoms with van der Waals surface area (Å²) in [5, 5.41) is 9.52. The summed E-state index contributed by atoms with van der Waals surface area (Å²) in [6, 6.07) is 7.62. The molecule has 2 aromatic heterocycles. The molecular formula is C14H7ClFNO3. The quantitative estimate of drug-likeness (QED) is 0.775. The van der Waals surface area contributed by atoms with Crippen LogP contribution in [0.4, 0.5) is 4.39 Å². The summed E-state index contributed by atoms with van der Waals surface area (Å²) in [5.41, 5.74) is 0.669. The maximum absolute atomic E-state index is 13.9. The Labute approximate surface area is 117 Å². The Bertz CT molecular complexity index is 828. The van der Waals surface area contributed by atoms with Gasteiger partial charge in [0.25, 0.3) is 0 Å². The van der Waals surface area contributed by atoms with Crippen molar-refractivity contribution in [2.45, 2.75) is 0 Å². The molecular weight excluding hydrogens is 285 g/mol. The Morgan fingerprint density at radius 3 is 2.85 bits per heavy atom. The van der Waals surface area contributed by atoms with Gasteiger partial charge in [0.05, 0.1) is 11.3 Å². The molecule has 0 aliphatic carbocycles. The number of carboxylic acid groups (broad SMARTS) is 1. The van der Waals surface area contributed by atoms with Crippen LogP contribution < -0.4 is 0 Å². The van der Waals surface area contributed by atoms with Crippen molar-refractivity contribution in [2.24, 2.45) is 0 Å². The lowest BCUT2D eigenvalue weighted by molar-refractivity contribution is 0.0690. The molecule has 4 nitrogen and oxygen atoms in total. The topological polar surface area (TPSA) is 63.3 Å². The van der Waals surface area contributed by atoms with Crippen LogP contribution in [0.25, 0.3) is 22.2 Å². The number of halogens is 2. The minimum Gasteiger partial charge on any atom is -0.476 e. The maximum atomic E-state index is 13.9. The second kappa shape index (κ2) is 4.61. The molecule has 100 valence electrons. The van der Waals surface area contributed by atoms with Crippen molar-refractivity contribution in [1.29, 1.82) is 0 Å². The van der Waals surface area contributed by atoms with Crippen molar-refractivity contribution in [3.63, 3.8) is 0 Å². The Balaban J connectivity index is 2.22. The lowest BCUT2D eigenvalue weighted by Crippen LogP contribution is -2.04. The van der Waals surface area contributed by atoms with Crippen LogP contribution >= 0.6 is 11.6 Å². The molecule has 0 atom stereocenters. The Morgan fingerprint density at radius 1 is 1.30 bits per heavy atom. The summed E-state index contributed by atoms with van der Waals surface area (Å²) >= 11 is 5.66. The average molecular weight is 292 g/mol. The van der Waals surface area contributed by atoms with E-state index in [-0.39, 0.29) is 16.4 Å². The number of furan rings is 1. The van der Waals surface area contributed by atoms with Crippen molar-refractivity contribution in [2.75, 3.05) is 0 Å². The molecule has 2 heterocycles. The van der Waals surface area contributed by atoms with Crippen LogP contribution in [0.2, 0.25) is 5.02 Å². The van der Waals surface area contributed by atoms with Crippen LogP contribution in [0.3, 0.4) is 0 Å².